The first-order valence-electron chi connectivity index (χ1n) is 6.20. The highest BCUT2D eigenvalue weighted by Gasteiger charge is 2.30. The minimum absolute atomic E-state index is 0.0974. The Bertz CT molecular complexity index is 594. The molecular formula is C15H18N2O2. The standard InChI is InChI=1S/C15H18N2O2/c1-9(18)12(14(16)19)13-11-7-5-4-6-10(11)8-15(2,3)17-13/h4-7,18H,8H2,1-3H3,(H2,16,19). The highest BCUT2D eigenvalue weighted by atomic mass is 16.3. The van der Waals surface area contributed by atoms with Gasteiger partial charge in [0.25, 0.3) is 5.91 Å². The van der Waals surface area contributed by atoms with E-state index in [4.69, 9.17) is 5.73 Å². The molecule has 0 aromatic heterocycles. The van der Waals surface area contributed by atoms with Crippen LogP contribution in [-0.2, 0) is 11.2 Å². The Labute approximate surface area is 112 Å². The predicted octanol–water partition coefficient (Wildman–Crippen LogP) is 2.13. The summed E-state index contributed by atoms with van der Waals surface area (Å²) in [6.07, 6.45) is 0.795. The topological polar surface area (TPSA) is 75.7 Å². The molecule has 0 radical (unpaired) electrons. The molecule has 1 aromatic rings. The van der Waals surface area contributed by atoms with E-state index in [1.807, 2.05) is 38.1 Å². The van der Waals surface area contributed by atoms with Gasteiger partial charge in [-0.15, -0.1) is 0 Å². The van der Waals surface area contributed by atoms with E-state index in [0.29, 0.717) is 5.71 Å². The fourth-order valence-electron chi connectivity index (χ4n) is 2.43. The molecule has 1 aliphatic heterocycles. The quantitative estimate of drug-likeness (QED) is 0.629. The van der Waals surface area contributed by atoms with E-state index in [9.17, 15) is 9.90 Å². The van der Waals surface area contributed by atoms with Gasteiger partial charge >= 0.3 is 0 Å². The monoisotopic (exact) mass is 258 g/mol. The third kappa shape index (κ3) is 2.52. The molecule has 0 spiro atoms. The van der Waals surface area contributed by atoms with Crippen molar-refractivity contribution in [1.82, 2.24) is 0 Å². The number of nitrogens with two attached hydrogens (primary N) is 1. The van der Waals surface area contributed by atoms with Gasteiger partial charge in [0.1, 0.15) is 11.3 Å². The second-order valence-corrected chi connectivity index (χ2v) is 5.43. The molecule has 0 atom stereocenters. The van der Waals surface area contributed by atoms with Crippen molar-refractivity contribution in [2.75, 3.05) is 0 Å². The molecule has 4 heteroatoms. The van der Waals surface area contributed by atoms with Gasteiger partial charge < -0.3 is 10.8 Å². The van der Waals surface area contributed by atoms with Crippen LogP contribution in [0.4, 0.5) is 0 Å². The maximum atomic E-state index is 11.6. The second-order valence-electron chi connectivity index (χ2n) is 5.43. The third-order valence-corrected chi connectivity index (χ3v) is 3.16. The van der Waals surface area contributed by atoms with Gasteiger partial charge in [-0.2, -0.15) is 0 Å². The van der Waals surface area contributed by atoms with Gasteiger partial charge in [-0.1, -0.05) is 24.3 Å². The van der Waals surface area contributed by atoms with E-state index in [1.54, 1.807) is 0 Å². The SMILES string of the molecule is CC(O)=C(C(N)=O)C1=NC(C)(C)Cc2ccccc21. The van der Waals surface area contributed by atoms with Crippen molar-refractivity contribution in [3.8, 4) is 0 Å². The van der Waals surface area contributed by atoms with Crippen molar-refractivity contribution >= 4 is 11.6 Å². The Morgan fingerprint density at radius 3 is 2.58 bits per heavy atom. The minimum atomic E-state index is -0.661. The summed E-state index contributed by atoms with van der Waals surface area (Å²) in [6, 6.07) is 7.75. The summed E-state index contributed by atoms with van der Waals surface area (Å²) in [6.45, 7) is 5.44. The number of hydrogen-bond acceptors (Lipinski definition) is 3. The number of carbonyl (C=O) groups is 1. The van der Waals surface area contributed by atoms with Crippen molar-refractivity contribution in [3.63, 3.8) is 0 Å². The fourth-order valence-corrected chi connectivity index (χ4v) is 2.43. The Morgan fingerprint density at radius 1 is 1.37 bits per heavy atom. The van der Waals surface area contributed by atoms with Crippen molar-refractivity contribution < 1.29 is 9.90 Å². The van der Waals surface area contributed by atoms with Gasteiger partial charge in [0.15, 0.2) is 0 Å². The number of carbonyl (C=O) groups excluding carboxylic acids is 1. The van der Waals surface area contributed by atoms with E-state index in [2.05, 4.69) is 4.99 Å². The predicted molar refractivity (Wildman–Crippen MR) is 75.3 cm³/mol. The molecule has 1 amide bonds. The van der Waals surface area contributed by atoms with Crippen LogP contribution in [0.1, 0.15) is 31.9 Å². The van der Waals surface area contributed by atoms with Crippen LogP contribution in [0.15, 0.2) is 40.6 Å². The molecule has 1 aromatic carbocycles. The number of aliphatic imine (C=N–C) groups is 1. The number of allylic oxidation sites excluding steroid dienone is 1. The lowest BCUT2D eigenvalue weighted by Gasteiger charge is -2.29. The van der Waals surface area contributed by atoms with E-state index < -0.39 is 5.91 Å². The summed E-state index contributed by atoms with van der Waals surface area (Å²) >= 11 is 0. The molecule has 1 heterocycles. The number of aliphatic hydroxyl groups excluding tert-OH is 1. The van der Waals surface area contributed by atoms with E-state index in [1.165, 1.54) is 6.92 Å². The highest BCUT2D eigenvalue weighted by Crippen LogP contribution is 2.29. The normalized spacial score (nSPS) is 18.2. The zero-order chi connectivity index (χ0) is 14.2. The molecule has 0 fully saturated rings. The molecule has 0 aliphatic carbocycles. The summed E-state index contributed by atoms with van der Waals surface area (Å²) in [5, 5.41) is 9.73. The maximum absolute atomic E-state index is 11.6. The number of amides is 1. The lowest BCUT2D eigenvalue weighted by Crippen LogP contribution is -2.33. The van der Waals surface area contributed by atoms with Crippen LogP contribution in [0.3, 0.4) is 0 Å². The number of rotatable bonds is 2. The number of nitrogens with zero attached hydrogens (tertiary/aromatic N) is 1. The molecule has 0 saturated heterocycles. The lowest BCUT2D eigenvalue weighted by molar-refractivity contribution is -0.114. The number of primary amides is 1. The Kier molecular flexibility index (Phi) is 3.18. The average Bonchev–Trinajstić information content (AvgIpc) is 2.26. The van der Waals surface area contributed by atoms with Gasteiger partial charge in [0, 0.05) is 5.56 Å². The lowest BCUT2D eigenvalue weighted by atomic mass is 9.84. The van der Waals surface area contributed by atoms with Gasteiger partial charge in [0.05, 0.1) is 11.3 Å². The summed E-state index contributed by atoms with van der Waals surface area (Å²) in [5.74, 6) is -0.759. The first-order chi connectivity index (χ1) is 8.82. The first kappa shape index (κ1) is 13.3. The molecule has 3 N–H and O–H groups in total. The number of benzene rings is 1. The molecule has 2 rings (SSSR count). The van der Waals surface area contributed by atoms with Gasteiger partial charge in [-0.3, -0.25) is 9.79 Å². The Morgan fingerprint density at radius 2 is 2.00 bits per heavy atom. The van der Waals surface area contributed by atoms with Crippen molar-refractivity contribution in [1.29, 1.82) is 0 Å². The van der Waals surface area contributed by atoms with Crippen LogP contribution < -0.4 is 5.73 Å². The fraction of sp³-hybridized carbons (Fsp3) is 0.333. The Hall–Kier alpha value is -2.10. The minimum Gasteiger partial charge on any atom is -0.512 e. The van der Waals surface area contributed by atoms with Gasteiger partial charge in [-0.25, -0.2) is 0 Å². The van der Waals surface area contributed by atoms with Gasteiger partial charge in [0.2, 0.25) is 0 Å². The van der Waals surface area contributed by atoms with E-state index in [-0.39, 0.29) is 16.9 Å². The van der Waals surface area contributed by atoms with Gasteiger partial charge in [-0.05, 0) is 32.8 Å². The summed E-state index contributed by atoms with van der Waals surface area (Å²) < 4.78 is 0. The van der Waals surface area contributed by atoms with Crippen molar-refractivity contribution in [2.24, 2.45) is 10.7 Å². The molecule has 0 bridgehead atoms. The van der Waals surface area contributed by atoms with Crippen LogP contribution in [0, 0.1) is 0 Å². The molecule has 100 valence electrons. The average molecular weight is 258 g/mol. The highest BCUT2D eigenvalue weighted by molar-refractivity contribution is 6.28. The van der Waals surface area contributed by atoms with Crippen LogP contribution in [0.2, 0.25) is 0 Å². The smallest absolute Gasteiger partial charge is 0.254 e. The van der Waals surface area contributed by atoms with Crippen molar-refractivity contribution in [2.45, 2.75) is 32.7 Å². The number of aliphatic hydroxyl groups is 1. The first-order valence-corrected chi connectivity index (χ1v) is 6.20. The molecular weight excluding hydrogens is 240 g/mol. The largest absolute Gasteiger partial charge is 0.512 e. The Balaban J connectivity index is 2.69. The maximum Gasteiger partial charge on any atom is 0.254 e. The van der Waals surface area contributed by atoms with Crippen LogP contribution >= 0.6 is 0 Å². The van der Waals surface area contributed by atoms with Crippen LogP contribution in [0.25, 0.3) is 0 Å². The molecule has 4 nitrogen and oxygen atoms in total. The van der Waals surface area contributed by atoms with Crippen LogP contribution in [0.5, 0.6) is 0 Å². The third-order valence-electron chi connectivity index (χ3n) is 3.16. The van der Waals surface area contributed by atoms with Crippen molar-refractivity contribution in [3.05, 3.63) is 46.7 Å². The van der Waals surface area contributed by atoms with E-state index in [0.717, 1.165) is 17.5 Å². The summed E-state index contributed by atoms with van der Waals surface area (Å²) in [5.41, 5.74) is 7.61. The number of fused-ring (bicyclic) bond motifs is 1. The molecule has 0 unspecified atom stereocenters. The second kappa shape index (κ2) is 4.53. The van der Waals surface area contributed by atoms with E-state index >= 15 is 0 Å². The van der Waals surface area contributed by atoms with Crippen LogP contribution in [-0.4, -0.2) is 22.3 Å². The zero-order valence-electron chi connectivity index (χ0n) is 11.4. The summed E-state index contributed by atoms with van der Waals surface area (Å²) in [4.78, 5) is 16.2. The molecule has 0 saturated carbocycles. The summed E-state index contributed by atoms with van der Waals surface area (Å²) in [7, 11) is 0. The number of hydrogen-bond donors (Lipinski definition) is 2. The molecule has 19 heavy (non-hydrogen) atoms. The molecule has 1 aliphatic rings. The zero-order valence-corrected chi connectivity index (χ0v) is 11.4.